The maximum atomic E-state index is 13.6. The largest absolute Gasteiger partial charge is 0.361 e. The number of nitrogens with zero attached hydrogens (tertiary/aromatic N) is 2. The van der Waals surface area contributed by atoms with Crippen LogP contribution in [0.4, 0.5) is 8.78 Å². The molecule has 0 saturated carbocycles. The quantitative estimate of drug-likeness (QED) is 0.462. The minimum atomic E-state index is -0.988. The Bertz CT molecular complexity index is 1330. The van der Waals surface area contributed by atoms with Crippen molar-refractivity contribution in [2.24, 2.45) is 0 Å². The van der Waals surface area contributed by atoms with Crippen molar-refractivity contribution < 1.29 is 13.6 Å². The van der Waals surface area contributed by atoms with Crippen molar-refractivity contribution >= 4 is 16.8 Å². The number of H-pyrrole nitrogens is 1. The molecule has 0 aliphatic rings. The Hall–Kier alpha value is -3.81. The molecule has 0 aliphatic carbocycles. The van der Waals surface area contributed by atoms with Crippen molar-refractivity contribution in [2.75, 3.05) is 0 Å². The van der Waals surface area contributed by atoms with E-state index in [4.69, 9.17) is 0 Å². The highest BCUT2D eigenvalue weighted by molar-refractivity contribution is 5.88. The molecule has 2 aromatic carbocycles. The second kappa shape index (κ2) is 9.13. The second-order valence-corrected chi connectivity index (χ2v) is 7.58. The van der Waals surface area contributed by atoms with Gasteiger partial charge in [0.2, 0.25) is 5.91 Å². The number of nitrogens with one attached hydrogen (secondary N) is 2. The van der Waals surface area contributed by atoms with E-state index >= 15 is 0 Å². The van der Waals surface area contributed by atoms with Gasteiger partial charge in [0.25, 0.3) is 5.56 Å². The van der Waals surface area contributed by atoms with Gasteiger partial charge in [0.05, 0.1) is 18.7 Å². The zero-order chi connectivity index (χ0) is 22.7. The molecular formula is C24H22F2N4O2. The molecule has 6 nitrogen and oxygen atoms in total. The fourth-order valence-electron chi connectivity index (χ4n) is 3.60. The number of rotatable bonds is 7. The number of fused-ring (bicyclic) bond motifs is 1. The molecule has 1 atom stereocenters. The molecule has 164 valence electrons. The van der Waals surface area contributed by atoms with Crippen molar-refractivity contribution in [3.63, 3.8) is 0 Å². The zero-order valence-electron chi connectivity index (χ0n) is 17.4. The summed E-state index contributed by atoms with van der Waals surface area (Å²) in [7, 11) is 0. The average Bonchev–Trinajstić information content (AvgIpc) is 3.19. The second-order valence-electron chi connectivity index (χ2n) is 7.58. The summed E-state index contributed by atoms with van der Waals surface area (Å²) in [5.41, 5.74) is 2.20. The van der Waals surface area contributed by atoms with Gasteiger partial charge in [-0.1, -0.05) is 25.1 Å². The first-order chi connectivity index (χ1) is 15.4. The fraction of sp³-hybridized carbons (Fsp3) is 0.208. The molecule has 0 unspecified atom stereocenters. The fourth-order valence-corrected chi connectivity index (χ4v) is 3.60. The van der Waals surface area contributed by atoms with Gasteiger partial charge in [-0.05, 0) is 42.3 Å². The maximum Gasteiger partial charge on any atom is 0.266 e. The van der Waals surface area contributed by atoms with E-state index in [1.807, 2.05) is 37.4 Å². The highest BCUT2D eigenvalue weighted by atomic mass is 19.2. The van der Waals surface area contributed by atoms with Gasteiger partial charge in [-0.25, -0.2) is 13.5 Å². The van der Waals surface area contributed by atoms with Crippen molar-refractivity contribution in [2.45, 2.75) is 32.4 Å². The van der Waals surface area contributed by atoms with Crippen LogP contribution in [-0.4, -0.2) is 26.7 Å². The van der Waals surface area contributed by atoms with Gasteiger partial charge in [-0.2, -0.15) is 5.10 Å². The van der Waals surface area contributed by atoms with E-state index in [1.54, 1.807) is 0 Å². The predicted molar refractivity (Wildman–Crippen MR) is 118 cm³/mol. The molecule has 0 spiro atoms. The number of benzene rings is 2. The lowest BCUT2D eigenvalue weighted by atomic mass is 10.1. The molecule has 2 heterocycles. The standard InChI is InChI=1S/C24H22F2N4O2/c1-2-17(28-23(31)12-16-13-27-22-6-4-3-5-18(16)22)14-30-24(32)10-9-21(29-30)15-7-8-19(25)20(26)11-15/h3-11,13,17,27H,2,12,14H2,1H3,(H,28,31)/t17-/m0/s1. The van der Waals surface area contributed by atoms with E-state index < -0.39 is 11.6 Å². The molecule has 4 rings (SSSR count). The predicted octanol–water partition coefficient (Wildman–Crippen LogP) is 3.81. The number of aromatic amines is 1. The molecule has 8 heteroatoms. The Balaban J connectivity index is 1.48. The summed E-state index contributed by atoms with van der Waals surface area (Å²) >= 11 is 0. The van der Waals surface area contributed by atoms with Gasteiger partial charge in [-0.3, -0.25) is 9.59 Å². The van der Waals surface area contributed by atoms with Crippen LogP contribution in [0.1, 0.15) is 18.9 Å². The number of carbonyl (C=O) groups excluding carboxylic acids is 1. The van der Waals surface area contributed by atoms with Gasteiger partial charge in [-0.15, -0.1) is 0 Å². The van der Waals surface area contributed by atoms with Crippen LogP contribution in [0.5, 0.6) is 0 Å². The number of aromatic nitrogens is 3. The Morgan fingerprint density at radius 3 is 2.72 bits per heavy atom. The lowest BCUT2D eigenvalue weighted by Crippen LogP contribution is -2.41. The van der Waals surface area contributed by atoms with Crippen LogP contribution in [0.25, 0.3) is 22.2 Å². The third kappa shape index (κ3) is 4.59. The van der Waals surface area contributed by atoms with Crippen LogP contribution in [0, 0.1) is 11.6 Å². The zero-order valence-corrected chi connectivity index (χ0v) is 17.4. The smallest absolute Gasteiger partial charge is 0.266 e. The van der Waals surface area contributed by atoms with Gasteiger partial charge >= 0.3 is 0 Å². The molecule has 2 N–H and O–H groups in total. The third-order valence-electron chi connectivity index (χ3n) is 5.36. The minimum Gasteiger partial charge on any atom is -0.361 e. The summed E-state index contributed by atoms with van der Waals surface area (Å²) in [5.74, 6) is -2.10. The summed E-state index contributed by atoms with van der Waals surface area (Å²) in [6.07, 6.45) is 2.61. The molecular weight excluding hydrogens is 414 g/mol. The van der Waals surface area contributed by atoms with E-state index in [2.05, 4.69) is 15.4 Å². The van der Waals surface area contributed by atoms with Crippen LogP contribution >= 0.6 is 0 Å². The van der Waals surface area contributed by atoms with Crippen molar-refractivity contribution in [1.82, 2.24) is 20.1 Å². The van der Waals surface area contributed by atoms with E-state index in [9.17, 15) is 18.4 Å². The number of amides is 1. The molecule has 0 fully saturated rings. The topological polar surface area (TPSA) is 79.8 Å². The van der Waals surface area contributed by atoms with Gasteiger partial charge in [0.15, 0.2) is 11.6 Å². The van der Waals surface area contributed by atoms with Crippen LogP contribution in [0.15, 0.2) is 65.6 Å². The normalized spacial score (nSPS) is 12.1. The maximum absolute atomic E-state index is 13.6. The number of hydrogen-bond acceptors (Lipinski definition) is 3. The number of halogens is 2. The monoisotopic (exact) mass is 436 g/mol. The Labute approximate surface area is 182 Å². The number of carbonyl (C=O) groups is 1. The summed E-state index contributed by atoms with van der Waals surface area (Å²) in [5, 5.41) is 8.24. The first-order valence-electron chi connectivity index (χ1n) is 10.3. The molecule has 4 aromatic rings. The van der Waals surface area contributed by atoms with Gasteiger partial charge < -0.3 is 10.3 Å². The van der Waals surface area contributed by atoms with Crippen LogP contribution in [-0.2, 0) is 17.8 Å². The highest BCUT2D eigenvalue weighted by Crippen LogP contribution is 2.19. The molecule has 0 bridgehead atoms. The molecule has 0 saturated heterocycles. The van der Waals surface area contributed by atoms with E-state index in [0.717, 1.165) is 28.6 Å². The summed E-state index contributed by atoms with van der Waals surface area (Å²) in [6, 6.07) is 13.7. The lowest BCUT2D eigenvalue weighted by molar-refractivity contribution is -0.121. The molecule has 0 radical (unpaired) electrons. The molecule has 1 amide bonds. The highest BCUT2D eigenvalue weighted by Gasteiger charge is 2.15. The van der Waals surface area contributed by atoms with Crippen LogP contribution in [0.3, 0.4) is 0 Å². The van der Waals surface area contributed by atoms with Gasteiger partial charge in [0.1, 0.15) is 0 Å². The van der Waals surface area contributed by atoms with E-state index in [0.29, 0.717) is 17.7 Å². The molecule has 0 aliphatic heterocycles. The Morgan fingerprint density at radius 2 is 1.94 bits per heavy atom. The average molecular weight is 436 g/mol. The minimum absolute atomic E-state index is 0.159. The third-order valence-corrected chi connectivity index (χ3v) is 5.36. The van der Waals surface area contributed by atoms with Crippen molar-refractivity contribution in [1.29, 1.82) is 0 Å². The number of para-hydroxylation sites is 1. The number of hydrogen-bond donors (Lipinski definition) is 2. The lowest BCUT2D eigenvalue weighted by Gasteiger charge is -2.18. The molecule has 32 heavy (non-hydrogen) atoms. The first-order valence-corrected chi connectivity index (χ1v) is 10.3. The Kier molecular flexibility index (Phi) is 6.11. The summed E-state index contributed by atoms with van der Waals surface area (Å²) in [4.78, 5) is 28.1. The molecule has 2 aromatic heterocycles. The Morgan fingerprint density at radius 1 is 1.12 bits per heavy atom. The first kappa shape index (κ1) is 21.4. The SMILES string of the molecule is CC[C@@H](Cn1nc(-c2ccc(F)c(F)c2)ccc1=O)NC(=O)Cc1c[nH]c2ccccc12. The van der Waals surface area contributed by atoms with Crippen molar-refractivity contribution in [3.8, 4) is 11.3 Å². The van der Waals surface area contributed by atoms with Crippen LogP contribution < -0.4 is 10.9 Å². The van der Waals surface area contributed by atoms with Gasteiger partial charge in [0, 0.05) is 34.8 Å². The summed E-state index contributed by atoms with van der Waals surface area (Å²) < 4.78 is 28.0. The van der Waals surface area contributed by atoms with E-state index in [1.165, 1.54) is 22.9 Å². The summed E-state index contributed by atoms with van der Waals surface area (Å²) in [6.45, 7) is 2.06. The van der Waals surface area contributed by atoms with Crippen LogP contribution in [0.2, 0.25) is 0 Å². The van der Waals surface area contributed by atoms with Crippen molar-refractivity contribution in [3.05, 3.63) is 88.3 Å². The van der Waals surface area contributed by atoms with E-state index in [-0.39, 0.29) is 30.5 Å².